The zero-order valence-corrected chi connectivity index (χ0v) is 11.1. The Morgan fingerprint density at radius 1 is 1.42 bits per heavy atom. The number of carbonyl (C=O) groups is 1. The summed E-state index contributed by atoms with van der Waals surface area (Å²) in [4.78, 5) is 16.3. The monoisotopic (exact) mass is 283 g/mol. The van der Waals surface area contributed by atoms with Gasteiger partial charge in [-0.15, -0.1) is 11.3 Å². The van der Waals surface area contributed by atoms with Gasteiger partial charge < -0.3 is 4.74 Å². The van der Waals surface area contributed by atoms with Crippen LogP contribution in [0.3, 0.4) is 0 Å². The van der Waals surface area contributed by atoms with E-state index in [1.54, 1.807) is 13.0 Å². The highest BCUT2D eigenvalue weighted by molar-refractivity contribution is 7.15. The summed E-state index contributed by atoms with van der Waals surface area (Å²) >= 11 is 1.27. The summed E-state index contributed by atoms with van der Waals surface area (Å²) in [6, 6.07) is 5.92. The number of esters is 1. The fraction of sp³-hybridized carbons (Fsp3) is 0.231. The second kappa shape index (κ2) is 5.44. The van der Waals surface area contributed by atoms with Crippen LogP contribution in [0.25, 0.3) is 10.4 Å². The Kier molecular flexibility index (Phi) is 3.90. The maximum Gasteiger partial charge on any atom is 0.358 e. The lowest BCUT2D eigenvalue weighted by Gasteiger charge is -2.04. The van der Waals surface area contributed by atoms with Gasteiger partial charge in [0.25, 0.3) is 6.43 Å². The normalized spacial score (nSPS) is 10.8. The Hall–Kier alpha value is -1.82. The van der Waals surface area contributed by atoms with Crippen LogP contribution in [0.2, 0.25) is 0 Å². The van der Waals surface area contributed by atoms with Crippen molar-refractivity contribution in [3.05, 3.63) is 40.5 Å². The Balaban J connectivity index is 2.52. The zero-order chi connectivity index (χ0) is 14.0. The Labute approximate surface area is 112 Å². The molecule has 100 valence electrons. The molecule has 0 aliphatic heterocycles. The van der Waals surface area contributed by atoms with Crippen molar-refractivity contribution in [1.82, 2.24) is 4.98 Å². The molecule has 19 heavy (non-hydrogen) atoms. The van der Waals surface area contributed by atoms with Crippen LogP contribution >= 0.6 is 11.3 Å². The van der Waals surface area contributed by atoms with Crippen molar-refractivity contribution >= 4 is 17.3 Å². The van der Waals surface area contributed by atoms with Gasteiger partial charge in [-0.05, 0) is 18.6 Å². The largest absolute Gasteiger partial charge is 0.464 e. The SMILES string of the molecule is COC(=O)c1nc(C)sc1-c1cccc(C(F)F)c1. The molecule has 0 aliphatic rings. The number of thiazole rings is 1. The molecule has 1 aromatic heterocycles. The number of methoxy groups -OCH3 is 1. The molecule has 0 radical (unpaired) electrons. The molecule has 0 aliphatic carbocycles. The lowest BCUT2D eigenvalue weighted by molar-refractivity contribution is 0.0595. The first-order valence-electron chi connectivity index (χ1n) is 5.47. The molecular formula is C13H11F2NO2S. The summed E-state index contributed by atoms with van der Waals surface area (Å²) < 4.78 is 30.0. The van der Waals surface area contributed by atoms with Gasteiger partial charge in [0.05, 0.1) is 17.0 Å². The van der Waals surface area contributed by atoms with Gasteiger partial charge in [0.2, 0.25) is 0 Å². The van der Waals surface area contributed by atoms with Crippen molar-refractivity contribution in [1.29, 1.82) is 0 Å². The van der Waals surface area contributed by atoms with Crippen LogP contribution in [-0.4, -0.2) is 18.1 Å². The highest BCUT2D eigenvalue weighted by Gasteiger charge is 2.19. The van der Waals surface area contributed by atoms with Crippen LogP contribution in [-0.2, 0) is 4.74 Å². The van der Waals surface area contributed by atoms with Crippen molar-refractivity contribution in [2.75, 3.05) is 7.11 Å². The molecule has 1 aromatic carbocycles. The second-order valence-electron chi connectivity index (χ2n) is 3.83. The smallest absolute Gasteiger partial charge is 0.358 e. The van der Waals surface area contributed by atoms with E-state index in [0.717, 1.165) is 0 Å². The number of aromatic nitrogens is 1. The number of hydrogen-bond acceptors (Lipinski definition) is 4. The third kappa shape index (κ3) is 2.78. The Bertz CT molecular complexity index is 610. The molecule has 2 aromatic rings. The van der Waals surface area contributed by atoms with Crippen molar-refractivity contribution in [3.63, 3.8) is 0 Å². The quantitative estimate of drug-likeness (QED) is 0.803. The number of benzene rings is 1. The minimum atomic E-state index is -2.55. The fourth-order valence-electron chi connectivity index (χ4n) is 1.67. The van der Waals surface area contributed by atoms with E-state index in [2.05, 4.69) is 9.72 Å². The van der Waals surface area contributed by atoms with E-state index in [4.69, 9.17) is 0 Å². The third-order valence-corrected chi connectivity index (χ3v) is 3.53. The molecule has 0 unspecified atom stereocenters. The Morgan fingerprint density at radius 3 is 2.79 bits per heavy atom. The van der Waals surface area contributed by atoms with Gasteiger partial charge in [0, 0.05) is 5.56 Å². The molecule has 2 rings (SSSR count). The molecule has 1 heterocycles. The van der Waals surface area contributed by atoms with Crippen molar-refractivity contribution < 1.29 is 18.3 Å². The maximum absolute atomic E-state index is 12.7. The summed E-state index contributed by atoms with van der Waals surface area (Å²) in [7, 11) is 1.26. The van der Waals surface area contributed by atoms with Gasteiger partial charge in [-0.2, -0.15) is 0 Å². The van der Waals surface area contributed by atoms with Crippen molar-refractivity contribution in [2.24, 2.45) is 0 Å². The summed E-state index contributed by atoms with van der Waals surface area (Å²) in [6.45, 7) is 1.75. The van der Waals surface area contributed by atoms with E-state index in [1.807, 2.05) is 0 Å². The average molecular weight is 283 g/mol. The van der Waals surface area contributed by atoms with E-state index in [-0.39, 0.29) is 11.3 Å². The van der Waals surface area contributed by atoms with Gasteiger partial charge in [0.1, 0.15) is 0 Å². The second-order valence-corrected chi connectivity index (χ2v) is 5.03. The van der Waals surface area contributed by atoms with E-state index in [9.17, 15) is 13.6 Å². The molecule has 0 saturated carbocycles. The number of nitrogens with zero attached hydrogens (tertiary/aromatic N) is 1. The predicted molar refractivity (Wildman–Crippen MR) is 68.6 cm³/mol. The molecular weight excluding hydrogens is 272 g/mol. The number of aryl methyl sites for hydroxylation is 1. The standard InChI is InChI=1S/C13H11F2NO2S/c1-7-16-10(13(17)18-2)11(19-7)8-4-3-5-9(6-8)12(14)15/h3-6,12H,1-2H3. The first kappa shape index (κ1) is 13.6. The van der Waals surface area contributed by atoms with Crippen LogP contribution < -0.4 is 0 Å². The first-order valence-corrected chi connectivity index (χ1v) is 6.28. The van der Waals surface area contributed by atoms with Gasteiger partial charge in [-0.25, -0.2) is 18.6 Å². The Morgan fingerprint density at radius 2 is 2.16 bits per heavy atom. The number of carbonyl (C=O) groups excluding carboxylic acids is 1. The lowest BCUT2D eigenvalue weighted by atomic mass is 10.1. The third-order valence-electron chi connectivity index (χ3n) is 2.51. The zero-order valence-electron chi connectivity index (χ0n) is 10.3. The van der Waals surface area contributed by atoms with Gasteiger partial charge >= 0.3 is 5.97 Å². The lowest BCUT2D eigenvalue weighted by Crippen LogP contribution is -2.03. The minimum Gasteiger partial charge on any atom is -0.464 e. The van der Waals surface area contributed by atoms with Gasteiger partial charge in [-0.1, -0.05) is 18.2 Å². The molecule has 0 amide bonds. The highest BCUT2D eigenvalue weighted by Crippen LogP contribution is 2.32. The molecule has 0 N–H and O–H groups in total. The number of halogens is 2. The summed E-state index contributed by atoms with van der Waals surface area (Å²) in [5.74, 6) is -0.568. The molecule has 0 atom stereocenters. The van der Waals surface area contributed by atoms with E-state index in [1.165, 1.54) is 36.6 Å². The number of ether oxygens (including phenoxy) is 1. The summed E-state index contributed by atoms with van der Waals surface area (Å²) in [5, 5.41) is 0.679. The molecule has 6 heteroatoms. The predicted octanol–water partition coefficient (Wildman–Crippen LogP) is 3.84. The molecule has 0 saturated heterocycles. The van der Waals surface area contributed by atoms with Crippen LogP contribution in [0, 0.1) is 6.92 Å². The van der Waals surface area contributed by atoms with E-state index in [0.29, 0.717) is 15.4 Å². The maximum atomic E-state index is 12.7. The van der Waals surface area contributed by atoms with Crippen LogP contribution in [0.15, 0.2) is 24.3 Å². The number of rotatable bonds is 3. The van der Waals surface area contributed by atoms with E-state index >= 15 is 0 Å². The van der Waals surface area contributed by atoms with Crippen LogP contribution in [0.4, 0.5) is 8.78 Å². The minimum absolute atomic E-state index is 0.0839. The van der Waals surface area contributed by atoms with E-state index < -0.39 is 12.4 Å². The van der Waals surface area contributed by atoms with Crippen molar-refractivity contribution in [3.8, 4) is 10.4 Å². The topological polar surface area (TPSA) is 39.2 Å². The van der Waals surface area contributed by atoms with Crippen LogP contribution in [0.1, 0.15) is 27.5 Å². The highest BCUT2D eigenvalue weighted by atomic mass is 32.1. The van der Waals surface area contributed by atoms with Gasteiger partial charge in [-0.3, -0.25) is 0 Å². The van der Waals surface area contributed by atoms with Crippen molar-refractivity contribution in [2.45, 2.75) is 13.3 Å². The summed E-state index contributed by atoms with van der Waals surface area (Å²) in [5.41, 5.74) is 0.625. The number of alkyl halides is 2. The fourth-order valence-corrected chi connectivity index (χ4v) is 2.58. The molecule has 0 fully saturated rings. The molecule has 3 nitrogen and oxygen atoms in total. The first-order chi connectivity index (χ1) is 9.02. The van der Waals surface area contributed by atoms with Crippen LogP contribution in [0.5, 0.6) is 0 Å². The average Bonchev–Trinajstić information content (AvgIpc) is 2.80. The molecule has 0 bridgehead atoms. The summed E-state index contributed by atoms with van der Waals surface area (Å²) in [6.07, 6.45) is -2.55. The van der Waals surface area contributed by atoms with Gasteiger partial charge in [0.15, 0.2) is 5.69 Å². The molecule has 0 spiro atoms. The number of hydrogen-bond donors (Lipinski definition) is 0.